The second-order valence-corrected chi connectivity index (χ2v) is 11.8. The topological polar surface area (TPSA) is 84.3 Å². The fourth-order valence-corrected chi connectivity index (χ4v) is 7.45. The Labute approximate surface area is 195 Å². The summed E-state index contributed by atoms with van der Waals surface area (Å²) >= 11 is 1.36. The van der Waals surface area contributed by atoms with Crippen LogP contribution >= 0.6 is 11.3 Å². The summed E-state index contributed by atoms with van der Waals surface area (Å²) in [5, 5.41) is 0.683. The second kappa shape index (κ2) is 9.65. The lowest BCUT2D eigenvalue weighted by molar-refractivity contribution is 0.0796. The number of rotatable bonds is 5. The van der Waals surface area contributed by atoms with Gasteiger partial charge in [0.1, 0.15) is 14.8 Å². The largest absolute Gasteiger partial charge is 0.345 e. The number of hydrogen-bond acceptors (Lipinski definition) is 5. The lowest BCUT2D eigenvalue weighted by Gasteiger charge is -2.20. The molecule has 0 unspecified atom stereocenters. The van der Waals surface area contributed by atoms with Crippen molar-refractivity contribution in [2.75, 3.05) is 13.1 Å². The summed E-state index contributed by atoms with van der Waals surface area (Å²) in [5.74, 6) is 0.0356. The minimum Gasteiger partial charge on any atom is -0.345 e. The highest BCUT2D eigenvalue weighted by atomic mass is 32.2. The van der Waals surface area contributed by atoms with E-state index in [-0.39, 0.29) is 11.9 Å². The third-order valence-electron chi connectivity index (χ3n) is 6.81. The molecule has 2 aromatic heterocycles. The van der Waals surface area contributed by atoms with E-state index in [1.807, 2.05) is 30.4 Å². The number of nitrogens with one attached hydrogen (secondary N) is 1. The van der Waals surface area contributed by atoms with E-state index in [4.69, 9.17) is 0 Å². The normalized spacial score (nSPS) is 18.7. The molecule has 9 heteroatoms. The number of aromatic nitrogens is 2. The van der Waals surface area contributed by atoms with Crippen LogP contribution in [-0.4, -0.2) is 47.9 Å². The van der Waals surface area contributed by atoms with Gasteiger partial charge >= 0.3 is 0 Å². The first-order valence-corrected chi connectivity index (χ1v) is 14.0. The highest BCUT2D eigenvalue weighted by molar-refractivity contribution is 7.89. The molecule has 1 aliphatic carbocycles. The van der Waals surface area contributed by atoms with Gasteiger partial charge in [0.15, 0.2) is 0 Å². The molecule has 0 radical (unpaired) electrons. The van der Waals surface area contributed by atoms with Crippen molar-refractivity contribution >= 4 is 27.3 Å². The summed E-state index contributed by atoms with van der Waals surface area (Å²) in [6, 6.07) is 1.71. The lowest BCUT2D eigenvalue weighted by atomic mass is 9.97. The van der Waals surface area contributed by atoms with Crippen LogP contribution in [0.15, 0.2) is 11.0 Å². The van der Waals surface area contributed by atoms with Crippen molar-refractivity contribution in [2.45, 2.75) is 82.6 Å². The zero-order valence-corrected chi connectivity index (χ0v) is 20.9. The molecule has 3 heterocycles. The molecule has 1 aliphatic heterocycles. The first kappa shape index (κ1) is 23.4. The molecule has 0 bridgehead atoms. The van der Waals surface area contributed by atoms with Crippen molar-refractivity contribution in [1.82, 2.24) is 19.2 Å². The fraction of sp³-hybridized carbons (Fsp3) is 0.652. The standard InChI is InChI=1S/C23H34N4O3S2/c1-16-21(23(28)27-13-9-10-14-27)31-22(24-16)19-15-20(17(2)26(19)3)32(29,30)25-18-11-7-5-4-6-8-12-18/h15,18,25H,4-14H2,1-3H3. The first-order chi connectivity index (χ1) is 15.3. The Balaban J connectivity index is 1.60. The maximum absolute atomic E-state index is 13.3. The quantitative estimate of drug-likeness (QED) is 0.691. The van der Waals surface area contributed by atoms with E-state index >= 15 is 0 Å². The van der Waals surface area contributed by atoms with Gasteiger partial charge in [0.05, 0.1) is 11.4 Å². The molecule has 176 valence electrons. The molecule has 4 rings (SSSR count). The third-order valence-corrected chi connectivity index (χ3v) is 9.61. The van der Waals surface area contributed by atoms with E-state index in [2.05, 4.69) is 9.71 Å². The highest BCUT2D eigenvalue weighted by Crippen LogP contribution is 2.33. The molecule has 2 fully saturated rings. The molecule has 1 saturated carbocycles. The molecule has 32 heavy (non-hydrogen) atoms. The number of thiazole rings is 1. The summed E-state index contributed by atoms with van der Waals surface area (Å²) in [6.45, 7) is 5.27. The van der Waals surface area contributed by atoms with Gasteiger partial charge in [-0.25, -0.2) is 18.1 Å². The van der Waals surface area contributed by atoms with Crippen molar-refractivity contribution in [3.63, 3.8) is 0 Å². The number of likely N-dealkylation sites (tertiary alicyclic amines) is 1. The average Bonchev–Trinajstić information content (AvgIpc) is 3.44. The van der Waals surface area contributed by atoms with Gasteiger partial charge in [0.25, 0.3) is 5.91 Å². The number of carbonyl (C=O) groups excluding carboxylic acids is 1. The Morgan fingerprint density at radius 1 is 1.06 bits per heavy atom. The zero-order valence-electron chi connectivity index (χ0n) is 19.3. The van der Waals surface area contributed by atoms with E-state index in [0.717, 1.165) is 57.3 Å². The summed E-state index contributed by atoms with van der Waals surface area (Å²) in [7, 11) is -1.77. The van der Waals surface area contributed by atoms with Crippen LogP contribution in [0, 0.1) is 13.8 Å². The molecule has 1 N–H and O–H groups in total. The third kappa shape index (κ3) is 4.79. The Kier molecular flexibility index (Phi) is 7.07. The molecule has 0 aromatic carbocycles. The Hall–Kier alpha value is -1.71. The van der Waals surface area contributed by atoms with Gasteiger partial charge in [-0.3, -0.25) is 4.79 Å². The Bertz CT molecular complexity index is 1070. The highest BCUT2D eigenvalue weighted by Gasteiger charge is 2.28. The van der Waals surface area contributed by atoms with Gasteiger partial charge in [0, 0.05) is 31.9 Å². The molecule has 2 aliphatic rings. The second-order valence-electron chi connectivity index (χ2n) is 9.13. The van der Waals surface area contributed by atoms with E-state index in [0.29, 0.717) is 26.2 Å². The number of sulfonamides is 1. The number of carbonyl (C=O) groups is 1. The van der Waals surface area contributed by atoms with Crippen LogP contribution in [0.25, 0.3) is 10.7 Å². The van der Waals surface area contributed by atoms with Crippen LogP contribution in [0.4, 0.5) is 0 Å². The summed E-state index contributed by atoms with van der Waals surface area (Å²) in [5.41, 5.74) is 2.12. The van der Waals surface area contributed by atoms with Gasteiger partial charge < -0.3 is 9.47 Å². The van der Waals surface area contributed by atoms with Crippen LogP contribution in [0.5, 0.6) is 0 Å². The van der Waals surface area contributed by atoms with Crippen LogP contribution in [0.2, 0.25) is 0 Å². The van der Waals surface area contributed by atoms with Crippen LogP contribution in [-0.2, 0) is 17.1 Å². The predicted octanol–water partition coefficient (Wildman–Crippen LogP) is 4.39. The van der Waals surface area contributed by atoms with Gasteiger partial charge in [-0.1, -0.05) is 32.1 Å². The Morgan fingerprint density at radius 2 is 1.69 bits per heavy atom. The number of amides is 1. The predicted molar refractivity (Wildman–Crippen MR) is 128 cm³/mol. The fourth-order valence-electron chi connectivity index (χ4n) is 4.77. The minimum absolute atomic E-state index is 0.00449. The smallest absolute Gasteiger partial charge is 0.265 e. The van der Waals surface area contributed by atoms with Crippen molar-refractivity contribution in [3.05, 3.63) is 22.3 Å². The molecule has 2 aromatic rings. The van der Waals surface area contributed by atoms with Crippen molar-refractivity contribution in [1.29, 1.82) is 0 Å². The van der Waals surface area contributed by atoms with Gasteiger partial charge in [-0.05, 0) is 45.6 Å². The summed E-state index contributed by atoms with van der Waals surface area (Å²) in [6.07, 6.45) is 9.61. The number of hydrogen-bond donors (Lipinski definition) is 1. The molecule has 1 amide bonds. The maximum atomic E-state index is 13.3. The summed E-state index contributed by atoms with van der Waals surface area (Å²) in [4.78, 5) is 20.4. The van der Waals surface area contributed by atoms with E-state index in [1.54, 1.807) is 6.07 Å². The van der Waals surface area contributed by atoms with Crippen molar-refractivity contribution in [3.8, 4) is 10.7 Å². The van der Waals surface area contributed by atoms with Crippen molar-refractivity contribution in [2.24, 2.45) is 7.05 Å². The maximum Gasteiger partial charge on any atom is 0.265 e. The van der Waals surface area contributed by atoms with E-state index in [9.17, 15) is 13.2 Å². The minimum atomic E-state index is -3.63. The average molecular weight is 479 g/mol. The zero-order chi connectivity index (χ0) is 22.9. The lowest BCUT2D eigenvalue weighted by Crippen LogP contribution is -2.35. The monoisotopic (exact) mass is 478 g/mol. The molecule has 0 atom stereocenters. The van der Waals surface area contributed by atoms with E-state index in [1.165, 1.54) is 30.6 Å². The molecule has 1 saturated heterocycles. The molecule has 7 nitrogen and oxygen atoms in total. The number of aryl methyl sites for hydroxylation is 1. The van der Waals surface area contributed by atoms with Gasteiger partial charge in [-0.15, -0.1) is 11.3 Å². The molecular formula is C23H34N4O3S2. The molecular weight excluding hydrogens is 444 g/mol. The SMILES string of the molecule is Cc1nc(-c2cc(S(=O)(=O)NC3CCCCCCC3)c(C)n2C)sc1C(=O)N1CCCC1. The van der Waals surface area contributed by atoms with Crippen LogP contribution < -0.4 is 4.72 Å². The number of nitrogens with zero attached hydrogens (tertiary/aromatic N) is 3. The van der Waals surface area contributed by atoms with Crippen LogP contribution in [0.1, 0.15) is 78.8 Å². The van der Waals surface area contributed by atoms with E-state index < -0.39 is 10.0 Å². The summed E-state index contributed by atoms with van der Waals surface area (Å²) < 4.78 is 31.4. The van der Waals surface area contributed by atoms with Crippen molar-refractivity contribution < 1.29 is 13.2 Å². The Morgan fingerprint density at radius 3 is 2.34 bits per heavy atom. The van der Waals surface area contributed by atoms with Gasteiger partial charge in [-0.2, -0.15) is 0 Å². The van der Waals surface area contributed by atoms with Gasteiger partial charge in [0.2, 0.25) is 10.0 Å². The molecule has 0 spiro atoms. The van der Waals surface area contributed by atoms with Crippen LogP contribution in [0.3, 0.4) is 0 Å². The first-order valence-electron chi connectivity index (χ1n) is 11.7.